The van der Waals surface area contributed by atoms with Crippen LogP contribution >= 0.6 is 0 Å². The smallest absolute Gasteiger partial charge is 0.308 e. The topological polar surface area (TPSA) is 116 Å². The van der Waals surface area contributed by atoms with Crippen molar-refractivity contribution in [2.75, 3.05) is 15.5 Å². The average Bonchev–Trinajstić information content (AvgIpc) is 3.49. The highest BCUT2D eigenvalue weighted by atomic mass is 19.4. The van der Waals surface area contributed by atoms with E-state index in [1.54, 1.807) is 31.2 Å². The van der Waals surface area contributed by atoms with E-state index in [1.807, 2.05) is 24.3 Å². The summed E-state index contributed by atoms with van der Waals surface area (Å²) >= 11 is 0. The molecule has 4 aromatic rings. The van der Waals surface area contributed by atoms with Gasteiger partial charge in [0.25, 0.3) is 11.9 Å². The Morgan fingerprint density at radius 3 is 2.31 bits per heavy atom. The van der Waals surface area contributed by atoms with Crippen LogP contribution in [0.1, 0.15) is 70.6 Å². The largest absolute Gasteiger partial charge is 0.416 e. The number of nitrogens with zero attached hydrogens (tertiary/aromatic N) is 4. The highest BCUT2D eigenvalue weighted by Gasteiger charge is 2.31. The van der Waals surface area contributed by atoms with Crippen molar-refractivity contribution in [1.82, 2.24) is 20.6 Å². The molecule has 3 amide bonds. The Balaban J connectivity index is 1.38. The van der Waals surface area contributed by atoms with E-state index in [0.717, 1.165) is 25.0 Å². The first-order valence-electron chi connectivity index (χ1n) is 13.7. The van der Waals surface area contributed by atoms with Gasteiger partial charge in [-0.3, -0.25) is 15.0 Å². The molecule has 9 nitrogen and oxygen atoms in total. The van der Waals surface area contributed by atoms with E-state index in [0.29, 0.717) is 28.3 Å². The molecule has 0 atom stereocenters. The number of rotatable bonds is 7. The summed E-state index contributed by atoms with van der Waals surface area (Å²) in [7, 11) is 0. The summed E-state index contributed by atoms with van der Waals surface area (Å²) in [5, 5.41) is 18.2. The Morgan fingerprint density at radius 2 is 1.67 bits per heavy atom. The second kappa shape index (κ2) is 12.4. The van der Waals surface area contributed by atoms with Gasteiger partial charge in [-0.1, -0.05) is 48.6 Å². The van der Waals surface area contributed by atoms with Gasteiger partial charge in [0.2, 0.25) is 0 Å². The maximum Gasteiger partial charge on any atom is 0.416 e. The SMILES string of the molecule is Cc1cc(NC(=O)N(Cc2ccc(C(=O)Nc3nn[nH]n3)cc2)c2ccc(C3CCCCC3)cc2)cc(C(F)(F)F)c1. The number of tetrazole rings is 1. The van der Waals surface area contributed by atoms with Crippen LogP contribution in [-0.4, -0.2) is 32.6 Å². The van der Waals surface area contributed by atoms with E-state index in [9.17, 15) is 22.8 Å². The number of nitrogens with one attached hydrogen (secondary N) is 3. The van der Waals surface area contributed by atoms with Crippen molar-refractivity contribution in [1.29, 1.82) is 0 Å². The van der Waals surface area contributed by atoms with Crippen LogP contribution in [0.5, 0.6) is 0 Å². The van der Waals surface area contributed by atoms with Gasteiger partial charge in [-0.2, -0.15) is 18.4 Å². The van der Waals surface area contributed by atoms with E-state index in [1.165, 1.54) is 35.8 Å². The van der Waals surface area contributed by atoms with Crippen molar-refractivity contribution in [3.8, 4) is 0 Å². The number of urea groups is 1. The van der Waals surface area contributed by atoms with Gasteiger partial charge < -0.3 is 5.32 Å². The second-order valence-corrected chi connectivity index (χ2v) is 10.4. The molecule has 5 rings (SSSR count). The molecule has 1 aliphatic carbocycles. The molecule has 42 heavy (non-hydrogen) atoms. The third-order valence-corrected chi connectivity index (χ3v) is 7.31. The van der Waals surface area contributed by atoms with Gasteiger partial charge in [0.05, 0.1) is 12.1 Å². The molecule has 0 bridgehead atoms. The zero-order valence-corrected chi connectivity index (χ0v) is 22.9. The van der Waals surface area contributed by atoms with Gasteiger partial charge in [-0.15, -0.1) is 5.10 Å². The molecule has 1 saturated carbocycles. The number of carbonyl (C=O) groups excluding carboxylic acids is 2. The molecule has 3 N–H and O–H groups in total. The number of anilines is 3. The third kappa shape index (κ3) is 7.12. The zero-order valence-electron chi connectivity index (χ0n) is 22.9. The fraction of sp³-hybridized carbons (Fsp3) is 0.300. The van der Waals surface area contributed by atoms with Crippen LogP contribution in [0.25, 0.3) is 0 Å². The first kappa shape index (κ1) is 28.8. The zero-order chi connectivity index (χ0) is 29.7. The summed E-state index contributed by atoms with van der Waals surface area (Å²) in [6.45, 7) is 1.66. The Hall–Kier alpha value is -4.74. The number of amides is 3. The number of benzene rings is 3. The summed E-state index contributed by atoms with van der Waals surface area (Å²) in [6, 6.07) is 17.3. The molecular formula is C30H30F3N7O2. The molecule has 0 aliphatic heterocycles. The lowest BCUT2D eigenvalue weighted by atomic mass is 9.84. The molecule has 1 aliphatic rings. The van der Waals surface area contributed by atoms with Crippen LogP contribution in [0.4, 0.5) is 35.3 Å². The minimum atomic E-state index is -4.54. The van der Waals surface area contributed by atoms with Gasteiger partial charge in [0, 0.05) is 16.9 Å². The van der Waals surface area contributed by atoms with Gasteiger partial charge in [-0.25, -0.2) is 4.79 Å². The molecule has 218 valence electrons. The predicted octanol–water partition coefficient (Wildman–Crippen LogP) is 7.07. The van der Waals surface area contributed by atoms with Gasteiger partial charge >= 0.3 is 12.2 Å². The van der Waals surface area contributed by atoms with Crippen molar-refractivity contribution >= 4 is 29.3 Å². The van der Waals surface area contributed by atoms with E-state index in [-0.39, 0.29) is 18.2 Å². The first-order valence-corrected chi connectivity index (χ1v) is 13.7. The maximum atomic E-state index is 13.6. The number of hydrogen-bond donors (Lipinski definition) is 3. The minimum absolute atomic E-state index is 0.0356. The van der Waals surface area contributed by atoms with Gasteiger partial charge in [0.15, 0.2) is 0 Å². The highest BCUT2D eigenvalue weighted by molar-refractivity contribution is 6.03. The van der Waals surface area contributed by atoms with Crippen LogP contribution in [0.2, 0.25) is 0 Å². The van der Waals surface area contributed by atoms with Crippen molar-refractivity contribution in [2.24, 2.45) is 0 Å². The minimum Gasteiger partial charge on any atom is -0.308 e. The number of halogens is 3. The molecule has 0 spiro atoms. The Morgan fingerprint density at radius 1 is 0.952 bits per heavy atom. The maximum absolute atomic E-state index is 13.6. The van der Waals surface area contributed by atoms with Crippen LogP contribution in [0, 0.1) is 6.92 Å². The molecule has 0 saturated heterocycles. The van der Waals surface area contributed by atoms with Gasteiger partial charge in [-0.05, 0) is 90.1 Å². The standard InChI is InChI=1S/C30H30F3N7O2/c1-19-15-24(30(31,32)33)17-25(16-19)34-29(42)40(26-13-11-22(12-14-26)21-5-3-2-4-6-21)18-20-7-9-23(10-8-20)27(41)35-28-36-38-39-37-28/h7-17,21H,2-6,18H2,1H3,(H,34,42)(H2,35,36,37,38,39,41). The number of H-pyrrole nitrogens is 1. The average molecular weight is 578 g/mol. The first-order chi connectivity index (χ1) is 20.2. The van der Waals surface area contributed by atoms with Crippen molar-refractivity contribution in [3.05, 3.63) is 94.5 Å². The Labute approximate surface area is 240 Å². The molecule has 0 radical (unpaired) electrons. The van der Waals surface area contributed by atoms with Gasteiger partial charge in [0.1, 0.15) is 0 Å². The molecular weight excluding hydrogens is 547 g/mol. The Bertz CT molecular complexity index is 1520. The number of hydrogen-bond acceptors (Lipinski definition) is 5. The second-order valence-electron chi connectivity index (χ2n) is 10.4. The number of carbonyl (C=O) groups is 2. The molecule has 3 aromatic carbocycles. The van der Waals surface area contributed by atoms with E-state index in [4.69, 9.17) is 0 Å². The number of aromatic nitrogens is 4. The molecule has 1 fully saturated rings. The third-order valence-electron chi connectivity index (χ3n) is 7.31. The molecule has 12 heteroatoms. The lowest BCUT2D eigenvalue weighted by Gasteiger charge is -2.26. The van der Waals surface area contributed by atoms with Crippen LogP contribution in [0.3, 0.4) is 0 Å². The lowest BCUT2D eigenvalue weighted by Crippen LogP contribution is -2.34. The van der Waals surface area contributed by atoms with Crippen molar-refractivity contribution in [2.45, 2.75) is 57.7 Å². The lowest BCUT2D eigenvalue weighted by molar-refractivity contribution is -0.137. The van der Waals surface area contributed by atoms with Crippen molar-refractivity contribution < 1.29 is 22.8 Å². The summed E-state index contributed by atoms with van der Waals surface area (Å²) in [5.74, 6) is 0.0819. The Kier molecular flexibility index (Phi) is 8.51. The summed E-state index contributed by atoms with van der Waals surface area (Å²) in [6.07, 6.45) is 1.35. The summed E-state index contributed by atoms with van der Waals surface area (Å²) in [4.78, 5) is 27.5. The van der Waals surface area contributed by atoms with Crippen molar-refractivity contribution in [3.63, 3.8) is 0 Å². The monoisotopic (exact) mass is 577 g/mol. The molecule has 1 aromatic heterocycles. The summed E-state index contributed by atoms with van der Waals surface area (Å²) in [5.41, 5.74) is 2.44. The normalized spacial score (nSPS) is 13.9. The van der Waals surface area contributed by atoms with Crippen LogP contribution in [-0.2, 0) is 12.7 Å². The molecule has 1 heterocycles. The van der Waals surface area contributed by atoms with E-state index in [2.05, 4.69) is 31.3 Å². The van der Waals surface area contributed by atoms with E-state index >= 15 is 0 Å². The number of aryl methyl sites for hydroxylation is 1. The predicted molar refractivity (Wildman–Crippen MR) is 152 cm³/mol. The fourth-order valence-corrected chi connectivity index (χ4v) is 5.19. The molecule has 0 unspecified atom stereocenters. The quantitative estimate of drug-likeness (QED) is 0.217. The number of aromatic amines is 1. The fourth-order valence-electron chi connectivity index (χ4n) is 5.19. The summed E-state index contributed by atoms with van der Waals surface area (Å²) < 4.78 is 40.3. The van der Waals surface area contributed by atoms with E-state index < -0.39 is 23.7 Å². The highest BCUT2D eigenvalue weighted by Crippen LogP contribution is 2.34. The van der Waals surface area contributed by atoms with Crippen LogP contribution in [0.15, 0.2) is 66.7 Å². The van der Waals surface area contributed by atoms with Crippen LogP contribution < -0.4 is 15.5 Å². The number of alkyl halides is 3.